The van der Waals surface area contributed by atoms with Crippen molar-refractivity contribution in [3.8, 4) is 5.69 Å². The molecule has 4 nitrogen and oxygen atoms in total. The van der Waals surface area contributed by atoms with Crippen LogP contribution in [-0.2, 0) is 6.42 Å². The molecule has 3 rings (SSSR count). The monoisotopic (exact) mass is 355 g/mol. The van der Waals surface area contributed by atoms with Crippen LogP contribution >= 0.6 is 0 Å². The number of aromatic nitrogens is 2. The van der Waals surface area contributed by atoms with Gasteiger partial charge < -0.3 is 5.32 Å². The Balaban J connectivity index is 1.71. The lowest BCUT2D eigenvalue weighted by Crippen LogP contribution is -2.26. The number of hydrogen-bond donors (Lipinski definition) is 1. The van der Waals surface area contributed by atoms with Crippen LogP contribution in [0.2, 0.25) is 0 Å². The Bertz CT molecular complexity index is 915. The Morgan fingerprint density at radius 2 is 1.58 bits per heavy atom. The van der Waals surface area contributed by atoms with Crippen molar-refractivity contribution < 1.29 is 13.6 Å². The highest BCUT2D eigenvalue weighted by Gasteiger charge is 2.19. The van der Waals surface area contributed by atoms with E-state index in [-0.39, 0.29) is 17.5 Å². The summed E-state index contributed by atoms with van der Waals surface area (Å²) in [6.07, 6.45) is 0.607. The minimum absolute atomic E-state index is 0.213. The Morgan fingerprint density at radius 1 is 1.00 bits per heavy atom. The van der Waals surface area contributed by atoms with E-state index in [0.29, 0.717) is 35.6 Å². The van der Waals surface area contributed by atoms with Gasteiger partial charge in [-0.15, -0.1) is 0 Å². The molecule has 0 aliphatic rings. The third-order valence-electron chi connectivity index (χ3n) is 4.20. The van der Waals surface area contributed by atoms with E-state index in [4.69, 9.17) is 0 Å². The predicted molar refractivity (Wildman–Crippen MR) is 95.4 cm³/mol. The second-order valence-electron chi connectivity index (χ2n) is 6.07. The first-order chi connectivity index (χ1) is 12.5. The molecule has 0 saturated carbocycles. The quantitative estimate of drug-likeness (QED) is 0.758. The van der Waals surface area contributed by atoms with Crippen LogP contribution in [0.15, 0.2) is 48.5 Å². The van der Waals surface area contributed by atoms with Crippen LogP contribution < -0.4 is 5.32 Å². The molecule has 6 heteroatoms. The number of amides is 1. The zero-order chi connectivity index (χ0) is 18.7. The number of aryl methyl sites for hydroxylation is 1. The van der Waals surface area contributed by atoms with Gasteiger partial charge in [-0.1, -0.05) is 12.1 Å². The molecule has 26 heavy (non-hydrogen) atoms. The average molecular weight is 355 g/mol. The first kappa shape index (κ1) is 17.8. The fraction of sp³-hybridized carbons (Fsp3) is 0.200. The number of nitrogens with zero attached hydrogens (tertiary/aromatic N) is 2. The number of carbonyl (C=O) groups is 1. The summed E-state index contributed by atoms with van der Waals surface area (Å²) >= 11 is 0. The number of carbonyl (C=O) groups excluding carboxylic acids is 1. The Kier molecular flexibility index (Phi) is 5.11. The van der Waals surface area contributed by atoms with Crippen molar-refractivity contribution in [3.63, 3.8) is 0 Å². The van der Waals surface area contributed by atoms with E-state index >= 15 is 0 Å². The van der Waals surface area contributed by atoms with Crippen LogP contribution in [0.1, 0.15) is 27.3 Å². The van der Waals surface area contributed by atoms with E-state index < -0.39 is 0 Å². The van der Waals surface area contributed by atoms with E-state index in [2.05, 4.69) is 10.4 Å². The second-order valence-corrected chi connectivity index (χ2v) is 6.07. The third-order valence-corrected chi connectivity index (χ3v) is 4.20. The summed E-state index contributed by atoms with van der Waals surface area (Å²) in [6.45, 7) is 4.01. The fourth-order valence-corrected chi connectivity index (χ4v) is 2.86. The van der Waals surface area contributed by atoms with Gasteiger partial charge in [0.25, 0.3) is 5.91 Å². The SMILES string of the molecule is Cc1nn(-c2ccc(F)cc2)c(C)c1C(=O)NCCc1ccc(F)cc1. The summed E-state index contributed by atoms with van der Waals surface area (Å²) in [7, 11) is 0. The molecule has 3 aromatic rings. The maximum atomic E-state index is 13.1. The van der Waals surface area contributed by atoms with Gasteiger partial charge in [0.2, 0.25) is 0 Å². The lowest BCUT2D eigenvalue weighted by Gasteiger charge is -2.07. The topological polar surface area (TPSA) is 46.9 Å². The standard InChI is InChI=1S/C20H19F2N3O/c1-13-19(14(2)25(24-13)18-9-7-17(22)8-10-18)20(26)23-12-11-15-3-5-16(21)6-4-15/h3-10H,11-12H2,1-2H3,(H,23,26). The van der Waals surface area contributed by atoms with E-state index in [1.807, 2.05) is 0 Å². The molecule has 0 aliphatic carbocycles. The molecular formula is C20H19F2N3O. The van der Waals surface area contributed by atoms with Gasteiger partial charge in [0.1, 0.15) is 11.6 Å². The van der Waals surface area contributed by atoms with Crippen molar-refractivity contribution in [2.45, 2.75) is 20.3 Å². The summed E-state index contributed by atoms with van der Waals surface area (Å²) < 4.78 is 27.6. The lowest BCUT2D eigenvalue weighted by atomic mass is 10.1. The van der Waals surface area contributed by atoms with Crippen molar-refractivity contribution in [1.82, 2.24) is 15.1 Å². The molecule has 1 N–H and O–H groups in total. The second kappa shape index (κ2) is 7.47. The van der Waals surface area contributed by atoms with Crippen LogP contribution in [0.25, 0.3) is 5.69 Å². The van der Waals surface area contributed by atoms with Crippen LogP contribution in [0.3, 0.4) is 0 Å². The zero-order valence-electron chi connectivity index (χ0n) is 14.6. The molecule has 0 fully saturated rings. The van der Waals surface area contributed by atoms with Crippen molar-refractivity contribution in [2.24, 2.45) is 0 Å². The molecule has 2 aromatic carbocycles. The Labute approximate surface area is 150 Å². The highest BCUT2D eigenvalue weighted by atomic mass is 19.1. The number of benzene rings is 2. The molecule has 1 amide bonds. The number of halogens is 2. The highest BCUT2D eigenvalue weighted by molar-refractivity contribution is 5.96. The predicted octanol–water partition coefficient (Wildman–Crippen LogP) is 3.74. The summed E-state index contributed by atoms with van der Waals surface area (Å²) in [5.74, 6) is -0.818. The number of nitrogens with one attached hydrogen (secondary N) is 1. The zero-order valence-corrected chi connectivity index (χ0v) is 14.6. The van der Waals surface area contributed by atoms with E-state index in [9.17, 15) is 13.6 Å². The van der Waals surface area contributed by atoms with Crippen molar-refractivity contribution in [1.29, 1.82) is 0 Å². The van der Waals surface area contributed by atoms with Crippen molar-refractivity contribution >= 4 is 5.91 Å². The molecule has 0 unspecified atom stereocenters. The largest absolute Gasteiger partial charge is 0.352 e. The van der Waals surface area contributed by atoms with Crippen LogP contribution in [0, 0.1) is 25.5 Å². The number of hydrogen-bond acceptors (Lipinski definition) is 2. The lowest BCUT2D eigenvalue weighted by molar-refractivity contribution is 0.0953. The van der Waals surface area contributed by atoms with Gasteiger partial charge in [0.05, 0.1) is 22.6 Å². The summed E-state index contributed by atoms with van der Waals surface area (Å²) in [5.41, 5.74) is 3.44. The molecule has 0 radical (unpaired) electrons. The van der Waals surface area contributed by atoms with Gasteiger partial charge in [-0.25, -0.2) is 13.5 Å². The molecule has 134 valence electrons. The van der Waals surface area contributed by atoms with E-state index in [0.717, 1.165) is 5.56 Å². The molecule has 0 spiro atoms. The summed E-state index contributed by atoms with van der Waals surface area (Å²) in [5, 5.41) is 7.27. The first-order valence-corrected chi connectivity index (χ1v) is 8.30. The van der Waals surface area contributed by atoms with Crippen molar-refractivity contribution in [3.05, 3.63) is 82.7 Å². The maximum Gasteiger partial charge on any atom is 0.255 e. The molecule has 1 aromatic heterocycles. The Morgan fingerprint density at radius 3 is 2.19 bits per heavy atom. The Hall–Kier alpha value is -3.02. The fourth-order valence-electron chi connectivity index (χ4n) is 2.86. The third kappa shape index (κ3) is 3.79. The first-order valence-electron chi connectivity index (χ1n) is 8.30. The molecule has 0 aliphatic heterocycles. The van der Waals surface area contributed by atoms with Gasteiger partial charge in [-0.2, -0.15) is 5.10 Å². The van der Waals surface area contributed by atoms with E-state index in [1.54, 1.807) is 42.8 Å². The highest BCUT2D eigenvalue weighted by Crippen LogP contribution is 2.18. The minimum Gasteiger partial charge on any atom is -0.352 e. The van der Waals surface area contributed by atoms with Gasteiger partial charge in [0, 0.05) is 6.54 Å². The van der Waals surface area contributed by atoms with Crippen LogP contribution in [0.4, 0.5) is 8.78 Å². The molecular weight excluding hydrogens is 336 g/mol. The molecule has 1 heterocycles. The molecule has 0 atom stereocenters. The van der Waals surface area contributed by atoms with Crippen molar-refractivity contribution in [2.75, 3.05) is 6.54 Å². The summed E-state index contributed by atoms with van der Waals surface area (Å²) in [6, 6.07) is 12.1. The summed E-state index contributed by atoms with van der Waals surface area (Å²) in [4.78, 5) is 12.5. The molecule has 0 saturated heterocycles. The van der Waals surface area contributed by atoms with Gasteiger partial charge in [0.15, 0.2) is 0 Å². The molecule has 0 bridgehead atoms. The van der Waals surface area contributed by atoms with E-state index in [1.165, 1.54) is 24.3 Å². The smallest absolute Gasteiger partial charge is 0.255 e. The number of rotatable bonds is 5. The van der Waals surface area contributed by atoms with Gasteiger partial charge >= 0.3 is 0 Å². The maximum absolute atomic E-state index is 13.1. The van der Waals surface area contributed by atoms with Gasteiger partial charge in [-0.05, 0) is 62.2 Å². The van der Waals surface area contributed by atoms with Gasteiger partial charge in [-0.3, -0.25) is 4.79 Å². The van der Waals surface area contributed by atoms with Crippen LogP contribution in [0.5, 0.6) is 0 Å². The minimum atomic E-state index is -0.325. The van der Waals surface area contributed by atoms with Crippen LogP contribution in [-0.4, -0.2) is 22.2 Å². The normalized spacial score (nSPS) is 10.8. The average Bonchev–Trinajstić information content (AvgIpc) is 2.92.